The average molecular weight is 539 g/mol. The number of hydrogen-bond donors (Lipinski definition) is 0. The number of para-hydroxylation sites is 4. The Morgan fingerprint density at radius 2 is 0.675 bits per heavy atom. The summed E-state index contributed by atoms with van der Waals surface area (Å²) in [6.45, 7) is 16.0. The molecule has 0 N–H and O–H groups in total. The Labute approximate surface area is 247 Å². The van der Waals surface area contributed by atoms with Crippen LogP contribution in [-0.4, -0.2) is 14.1 Å². The summed E-state index contributed by atoms with van der Waals surface area (Å²) in [5.41, 5.74) is 10.5. The van der Waals surface area contributed by atoms with E-state index in [1.807, 2.05) is 55.4 Å². The first-order valence-corrected chi connectivity index (χ1v) is 14.7. The molecule has 0 radical (unpaired) electrons. The fourth-order valence-corrected chi connectivity index (χ4v) is 4.49. The minimum atomic E-state index is 0. The summed E-state index contributed by atoms with van der Waals surface area (Å²) in [5.74, 6) is 0. The maximum Gasteiger partial charge on any atom is 0.0481 e. The lowest BCUT2D eigenvalue weighted by molar-refractivity contribution is 1.06. The van der Waals surface area contributed by atoms with Crippen molar-refractivity contribution in [2.75, 3.05) is 23.9 Å². The van der Waals surface area contributed by atoms with E-state index in [4.69, 9.17) is 0 Å². The number of anilines is 4. The zero-order valence-corrected chi connectivity index (χ0v) is 26.0. The maximum absolute atomic E-state index is 2.27. The highest BCUT2D eigenvalue weighted by molar-refractivity contribution is 5.88. The van der Waals surface area contributed by atoms with E-state index in [-0.39, 0.29) is 7.43 Å². The SMILES string of the molecule is C.CC.CC.CC.CC.CN1c2ccccc2C=Cc2ccccc21.CN1c2ccccc2Cc2ccccc21. The molecule has 2 aliphatic rings. The molecular weight excluding hydrogens is 484 g/mol. The van der Waals surface area contributed by atoms with E-state index in [0.717, 1.165) is 6.42 Å². The van der Waals surface area contributed by atoms with Crippen molar-refractivity contribution in [1.29, 1.82) is 0 Å². The molecule has 2 heterocycles. The third-order valence-electron chi connectivity index (χ3n) is 6.13. The molecule has 0 saturated heterocycles. The Morgan fingerprint density at radius 3 is 1.05 bits per heavy atom. The van der Waals surface area contributed by atoms with Crippen LogP contribution in [0.5, 0.6) is 0 Å². The molecule has 0 spiro atoms. The van der Waals surface area contributed by atoms with Gasteiger partial charge in [0.25, 0.3) is 0 Å². The topological polar surface area (TPSA) is 6.48 Å². The van der Waals surface area contributed by atoms with Gasteiger partial charge in [-0.1, -0.05) is 148 Å². The quantitative estimate of drug-likeness (QED) is 0.220. The lowest BCUT2D eigenvalue weighted by Gasteiger charge is -2.29. The van der Waals surface area contributed by atoms with E-state index in [9.17, 15) is 0 Å². The molecule has 0 amide bonds. The van der Waals surface area contributed by atoms with Crippen LogP contribution in [0.3, 0.4) is 0 Å². The van der Waals surface area contributed by atoms with Crippen molar-refractivity contribution in [2.24, 2.45) is 0 Å². The number of fused-ring (bicyclic) bond motifs is 4. The molecule has 2 nitrogen and oxygen atoms in total. The molecule has 0 saturated carbocycles. The first kappa shape index (κ1) is 36.2. The van der Waals surface area contributed by atoms with Crippen LogP contribution in [0.25, 0.3) is 12.2 Å². The molecule has 4 aromatic rings. The van der Waals surface area contributed by atoms with Crippen LogP contribution in [0, 0.1) is 0 Å². The third-order valence-corrected chi connectivity index (χ3v) is 6.13. The summed E-state index contributed by atoms with van der Waals surface area (Å²) in [4.78, 5) is 4.51. The molecule has 216 valence electrons. The largest absolute Gasteiger partial charge is 0.344 e. The standard InChI is InChI=1S/C15H13N.C14H13N.4C2H6.CH4/c1-16-14-8-4-2-6-12(14)10-11-13-7-3-5-9-15(13)16;1-15-13-8-4-2-6-11(13)10-12-7-3-5-9-14(12)15;4*1-2;/h2-11H,1H3;2-9H,10H2,1H3;4*1-2H3;1H4. The molecule has 2 aliphatic heterocycles. The van der Waals surface area contributed by atoms with Crippen molar-refractivity contribution < 1.29 is 0 Å². The van der Waals surface area contributed by atoms with Crippen molar-refractivity contribution >= 4 is 34.9 Å². The van der Waals surface area contributed by atoms with Gasteiger partial charge >= 0.3 is 0 Å². The zero-order valence-electron chi connectivity index (χ0n) is 26.0. The van der Waals surface area contributed by atoms with Crippen LogP contribution in [0.1, 0.15) is 85.1 Å². The summed E-state index contributed by atoms with van der Waals surface area (Å²) >= 11 is 0. The van der Waals surface area contributed by atoms with Crippen LogP contribution in [0.15, 0.2) is 97.1 Å². The van der Waals surface area contributed by atoms with E-state index in [1.54, 1.807) is 0 Å². The summed E-state index contributed by atoms with van der Waals surface area (Å²) in [6.07, 6.45) is 5.41. The molecule has 6 rings (SSSR count). The van der Waals surface area contributed by atoms with Gasteiger partial charge < -0.3 is 9.80 Å². The molecule has 0 aromatic heterocycles. The number of hydrogen-bond acceptors (Lipinski definition) is 2. The second-order valence-corrected chi connectivity index (χ2v) is 8.00. The monoisotopic (exact) mass is 538 g/mol. The van der Waals surface area contributed by atoms with E-state index in [1.165, 1.54) is 45.0 Å². The fraction of sp³-hybridized carbons (Fsp3) is 0.316. The van der Waals surface area contributed by atoms with Gasteiger partial charge in [0.15, 0.2) is 0 Å². The Hall–Kier alpha value is -3.78. The van der Waals surface area contributed by atoms with Gasteiger partial charge in [-0.3, -0.25) is 0 Å². The van der Waals surface area contributed by atoms with E-state index in [0.29, 0.717) is 0 Å². The van der Waals surface area contributed by atoms with E-state index in [2.05, 4.69) is 133 Å². The van der Waals surface area contributed by atoms with Gasteiger partial charge in [-0.05, 0) is 46.5 Å². The molecule has 0 bridgehead atoms. The highest BCUT2D eigenvalue weighted by Gasteiger charge is 2.18. The molecule has 40 heavy (non-hydrogen) atoms. The zero-order chi connectivity index (χ0) is 29.2. The van der Waals surface area contributed by atoms with Crippen LogP contribution in [-0.2, 0) is 6.42 Å². The normalized spacial score (nSPS) is 10.8. The summed E-state index contributed by atoms with van der Waals surface area (Å²) in [6, 6.07) is 34.1. The Kier molecular flexibility index (Phi) is 18.3. The minimum absolute atomic E-state index is 0. The predicted octanol–water partition coefficient (Wildman–Crippen LogP) is 12.0. The summed E-state index contributed by atoms with van der Waals surface area (Å²) < 4.78 is 0. The van der Waals surface area contributed by atoms with E-state index >= 15 is 0 Å². The first-order valence-electron chi connectivity index (χ1n) is 14.7. The lowest BCUT2D eigenvalue weighted by atomic mass is 9.96. The second-order valence-electron chi connectivity index (χ2n) is 8.00. The number of rotatable bonds is 0. The Morgan fingerprint density at radius 1 is 0.400 bits per heavy atom. The molecule has 0 atom stereocenters. The molecule has 0 aliphatic carbocycles. The van der Waals surface area contributed by atoms with Crippen LogP contribution < -0.4 is 9.80 Å². The highest BCUT2D eigenvalue weighted by Crippen LogP contribution is 2.37. The first-order chi connectivity index (χ1) is 19.2. The van der Waals surface area contributed by atoms with Crippen LogP contribution >= 0.6 is 0 Å². The van der Waals surface area contributed by atoms with Crippen molar-refractivity contribution in [3.8, 4) is 0 Å². The van der Waals surface area contributed by atoms with Crippen molar-refractivity contribution in [3.05, 3.63) is 119 Å². The highest BCUT2D eigenvalue weighted by atomic mass is 15.1. The fourth-order valence-electron chi connectivity index (χ4n) is 4.49. The Balaban J connectivity index is 0.000000599. The average Bonchev–Trinajstić information content (AvgIpc) is 3.18. The minimum Gasteiger partial charge on any atom is -0.344 e. The van der Waals surface area contributed by atoms with Gasteiger partial charge in [0.2, 0.25) is 0 Å². The number of benzene rings is 4. The van der Waals surface area contributed by atoms with Crippen LogP contribution in [0.4, 0.5) is 22.7 Å². The van der Waals surface area contributed by atoms with Crippen molar-refractivity contribution in [2.45, 2.75) is 69.2 Å². The lowest BCUT2D eigenvalue weighted by Crippen LogP contribution is -2.18. The van der Waals surface area contributed by atoms with Crippen molar-refractivity contribution in [1.82, 2.24) is 0 Å². The van der Waals surface area contributed by atoms with Gasteiger partial charge in [-0.15, -0.1) is 0 Å². The van der Waals surface area contributed by atoms with Gasteiger partial charge in [0.1, 0.15) is 0 Å². The third kappa shape index (κ3) is 8.88. The van der Waals surface area contributed by atoms with Gasteiger partial charge in [0.05, 0.1) is 0 Å². The van der Waals surface area contributed by atoms with Gasteiger partial charge in [-0.2, -0.15) is 0 Å². The Bertz CT molecular complexity index is 1160. The van der Waals surface area contributed by atoms with Gasteiger partial charge in [0, 0.05) is 43.3 Å². The smallest absolute Gasteiger partial charge is 0.0481 e. The second kappa shape index (κ2) is 20.2. The number of nitrogens with zero attached hydrogens (tertiary/aromatic N) is 2. The molecule has 4 aromatic carbocycles. The predicted molar refractivity (Wildman–Crippen MR) is 186 cm³/mol. The van der Waals surface area contributed by atoms with Crippen LogP contribution in [0.2, 0.25) is 0 Å². The van der Waals surface area contributed by atoms with E-state index < -0.39 is 0 Å². The molecule has 0 fully saturated rings. The summed E-state index contributed by atoms with van der Waals surface area (Å²) in [5, 5.41) is 0. The maximum atomic E-state index is 2.27. The molecular formula is C38H54N2. The summed E-state index contributed by atoms with van der Waals surface area (Å²) in [7, 11) is 4.25. The molecule has 0 unspecified atom stereocenters. The van der Waals surface area contributed by atoms with Crippen molar-refractivity contribution in [3.63, 3.8) is 0 Å². The molecule has 2 heteroatoms. The van der Waals surface area contributed by atoms with Gasteiger partial charge in [-0.25, -0.2) is 0 Å².